The van der Waals surface area contributed by atoms with E-state index in [0.29, 0.717) is 30.8 Å². The summed E-state index contributed by atoms with van der Waals surface area (Å²) in [6, 6.07) is 15.4. The van der Waals surface area contributed by atoms with E-state index in [9.17, 15) is 14.0 Å². The van der Waals surface area contributed by atoms with E-state index in [2.05, 4.69) is 15.5 Å². The van der Waals surface area contributed by atoms with Gasteiger partial charge in [-0.1, -0.05) is 30.3 Å². The van der Waals surface area contributed by atoms with Gasteiger partial charge in [0.15, 0.2) is 0 Å². The predicted octanol–water partition coefficient (Wildman–Crippen LogP) is 3.22. The van der Waals surface area contributed by atoms with Crippen LogP contribution in [-0.2, 0) is 11.2 Å². The number of carbonyl (C=O) groups excluding carboxylic acids is 1. The summed E-state index contributed by atoms with van der Waals surface area (Å²) < 4.78 is 16.2. The summed E-state index contributed by atoms with van der Waals surface area (Å²) in [5.41, 5.74) is 1.44. The number of halogens is 1. The standard InChI is InChI=1S/C23H22FN5O2/c1-16(17-6-3-2-4-7-17)25-21(30)9-5-8-20-26-27-22-23(31)28(14-15-29(20)22)19-12-10-18(24)11-13-19/h2-4,6-7,10-16H,5,8-9H2,1H3,(H,25,30)/t16-/m1/s1. The Labute approximate surface area is 178 Å². The Balaban J connectivity index is 1.40. The van der Waals surface area contributed by atoms with Crippen LogP contribution < -0.4 is 10.9 Å². The van der Waals surface area contributed by atoms with Gasteiger partial charge >= 0.3 is 5.56 Å². The van der Waals surface area contributed by atoms with Crippen LogP contribution in [0.5, 0.6) is 0 Å². The van der Waals surface area contributed by atoms with E-state index in [4.69, 9.17) is 0 Å². The number of fused-ring (bicyclic) bond motifs is 1. The Morgan fingerprint density at radius 3 is 2.55 bits per heavy atom. The van der Waals surface area contributed by atoms with Gasteiger partial charge in [0.25, 0.3) is 0 Å². The number of benzene rings is 2. The second-order valence-electron chi connectivity index (χ2n) is 7.31. The molecule has 0 unspecified atom stereocenters. The lowest BCUT2D eigenvalue weighted by molar-refractivity contribution is -0.121. The molecule has 4 rings (SSSR count). The Morgan fingerprint density at radius 2 is 1.81 bits per heavy atom. The number of hydrogen-bond donors (Lipinski definition) is 1. The summed E-state index contributed by atoms with van der Waals surface area (Å²) in [4.78, 5) is 25.0. The molecule has 0 aliphatic carbocycles. The van der Waals surface area contributed by atoms with Gasteiger partial charge in [-0.2, -0.15) is 0 Å². The van der Waals surface area contributed by atoms with Crippen LogP contribution in [0.2, 0.25) is 0 Å². The topological polar surface area (TPSA) is 81.3 Å². The number of hydrogen-bond acceptors (Lipinski definition) is 4. The molecule has 7 nitrogen and oxygen atoms in total. The molecule has 0 fully saturated rings. The van der Waals surface area contributed by atoms with Gasteiger partial charge in [0.05, 0.1) is 6.04 Å². The van der Waals surface area contributed by atoms with Crippen molar-refractivity contribution in [1.29, 1.82) is 0 Å². The third-order valence-corrected chi connectivity index (χ3v) is 5.13. The first kappa shape index (κ1) is 20.5. The fourth-order valence-corrected chi connectivity index (χ4v) is 3.46. The summed E-state index contributed by atoms with van der Waals surface area (Å²) in [7, 11) is 0. The van der Waals surface area contributed by atoms with Crippen molar-refractivity contribution >= 4 is 11.6 Å². The van der Waals surface area contributed by atoms with E-state index in [1.165, 1.54) is 28.8 Å². The number of nitrogens with one attached hydrogen (secondary N) is 1. The second-order valence-corrected chi connectivity index (χ2v) is 7.31. The molecule has 0 aliphatic rings. The van der Waals surface area contributed by atoms with E-state index < -0.39 is 0 Å². The first-order valence-electron chi connectivity index (χ1n) is 10.1. The van der Waals surface area contributed by atoms with Crippen molar-refractivity contribution in [3.63, 3.8) is 0 Å². The van der Waals surface area contributed by atoms with Gasteiger partial charge in [-0.05, 0) is 43.2 Å². The molecule has 4 aromatic rings. The van der Waals surface area contributed by atoms with Gasteiger partial charge in [0, 0.05) is 30.9 Å². The Morgan fingerprint density at radius 1 is 1.06 bits per heavy atom. The zero-order valence-electron chi connectivity index (χ0n) is 17.0. The summed E-state index contributed by atoms with van der Waals surface area (Å²) >= 11 is 0. The summed E-state index contributed by atoms with van der Waals surface area (Å²) in [6.45, 7) is 1.95. The monoisotopic (exact) mass is 419 g/mol. The van der Waals surface area contributed by atoms with Crippen LogP contribution in [0.4, 0.5) is 4.39 Å². The lowest BCUT2D eigenvalue weighted by Gasteiger charge is -2.14. The minimum atomic E-state index is -0.371. The van der Waals surface area contributed by atoms with Gasteiger partial charge < -0.3 is 5.32 Å². The minimum absolute atomic E-state index is 0.0381. The predicted molar refractivity (Wildman–Crippen MR) is 114 cm³/mol. The molecular weight excluding hydrogens is 397 g/mol. The molecule has 0 radical (unpaired) electrons. The van der Waals surface area contributed by atoms with E-state index in [0.717, 1.165) is 5.56 Å². The molecule has 158 valence electrons. The first-order valence-corrected chi connectivity index (χ1v) is 10.1. The van der Waals surface area contributed by atoms with Gasteiger partial charge in [0.1, 0.15) is 11.6 Å². The molecule has 31 heavy (non-hydrogen) atoms. The van der Waals surface area contributed by atoms with Gasteiger partial charge in [-0.3, -0.25) is 18.6 Å². The number of rotatable bonds is 7. The number of amides is 1. The van der Waals surface area contributed by atoms with Crippen LogP contribution in [0.15, 0.2) is 71.8 Å². The molecule has 1 atom stereocenters. The third kappa shape index (κ3) is 4.53. The molecule has 2 heterocycles. The van der Waals surface area contributed by atoms with Crippen molar-refractivity contribution in [3.05, 3.63) is 94.5 Å². The Kier molecular flexibility index (Phi) is 5.88. The molecule has 0 aliphatic heterocycles. The molecule has 1 N–H and O–H groups in total. The molecule has 2 aromatic carbocycles. The molecule has 0 saturated carbocycles. The van der Waals surface area contributed by atoms with E-state index >= 15 is 0 Å². The molecule has 8 heteroatoms. The summed E-state index contributed by atoms with van der Waals surface area (Å²) in [6.07, 6.45) is 4.73. The molecule has 0 bridgehead atoms. The van der Waals surface area contributed by atoms with Gasteiger partial charge in [-0.25, -0.2) is 4.39 Å². The smallest absolute Gasteiger partial charge is 0.300 e. The number of aryl methyl sites for hydroxylation is 1. The fraction of sp³-hybridized carbons (Fsp3) is 0.217. The quantitative estimate of drug-likeness (QED) is 0.499. The lowest BCUT2D eigenvalue weighted by Crippen LogP contribution is -2.26. The van der Waals surface area contributed by atoms with Crippen molar-refractivity contribution < 1.29 is 9.18 Å². The highest BCUT2D eigenvalue weighted by molar-refractivity contribution is 5.76. The zero-order chi connectivity index (χ0) is 21.8. The van der Waals surface area contributed by atoms with Gasteiger partial charge in [-0.15, -0.1) is 10.2 Å². The van der Waals surface area contributed by atoms with Crippen LogP contribution >= 0.6 is 0 Å². The van der Waals surface area contributed by atoms with Crippen LogP contribution in [0.3, 0.4) is 0 Å². The molecule has 0 spiro atoms. The maximum Gasteiger partial charge on any atom is 0.300 e. The average molecular weight is 419 g/mol. The van der Waals surface area contributed by atoms with E-state index in [1.807, 2.05) is 37.3 Å². The first-order chi connectivity index (χ1) is 15.0. The van der Waals surface area contributed by atoms with Crippen LogP contribution in [0, 0.1) is 5.82 Å². The van der Waals surface area contributed by atoms with Gasteiger partial charge in [0.2, 0.25) is 11.6 Å². The van der Waals surface area contributed by atoms with E-state index in [-0.39, 0.29) is 29.0 Å². The average Bonchev–Trinajstić information content (AvgIpc) is 3.19. The largest absolute Gasteiger partial charge is 0.350 e. The molecular formula is C23H22FN5O2. The lowest BCUT2D eigenvalue weighted by atomic mass is 10.1. The van der Waals surface area contributed by atoms with Crippen molar-refractivity contribution in [1.82, 2.24) is 24.5 Å². The maximum absolute atomic E-state index is 13.1. The second kappa shape index (κ2) is 8.91. The fourth-order valence-electron chi connectivity index (χ4n) is 3.46. The van der Waals surface area contributed by atoms with Crippen molar-refractivity contribution in [2.24, 2.45) is 0 Å². The zero-order valence-corrected chi connectivity index (χ0v) is 17.0. The summed E-state index contributed by atoms with van der Waals surface area (Å²) in [5, 5.41) is 11.1. The van der Waals surface area contributed by atoms with Crippen molar-refractivity contribution in [3.8, 4) is 5.69 Å². The third-order valence-electron chi connectivity index (χ3n) is 5.13. The number of carbonyl (C=O) groups is 1. The van der Waals surface area contributed by atoms with Crippen LogP contribution in [0.1, 0.15) is 37.2 Å². The molecule has 1 amide bonds. The number of nitrogens with zero attached hydrogens (tertiary/aromatic N) is 4. The normalized spacial score (nSPS) is 12.1. The highest BCUT2D eigenvalue weighted by atomic mass is 19.1. The maximum atomic E-state index is 13.1. The Bertz CT molecular complexity index is 1250. The molecule has 2 aromatic heterocycles. The SMILES string of the molecule is C[C@@H](NC(=O)CCCc1nnc2c(=O)n(-c3ccc(F)cc3)ccn12)c1ccccc1. The van der Waals surface area contributed by atoms with Crippen molar-refractivity contribution in [2.45, 2.75) is 32.2 Å². The van der Waals surface area contributed by atoms with E-state index in [1.54, 1.807) is 16.8 Å². The summed E-state index contributed by atoms with van der Waals surface area (Å²) in [5.74, 6) is 0.205. The van der Waals surface area contributed by atoms with Crippen LogP contribution in [-0.4, -0.2) is 25.1 Å². The Hall–Kier alpha value is -3.81. The minimum Gasteiger partial charge on any atom is -0.350 e. The highest BCUT2D eigenvalue weighted by Crippen LogP contribution is 2.12. The molecule has 0 saturated heterocycles. The highest BCUT2D eigenvalue weighted by Gasteiger charge is 2.13. The number of aromatic nitrogens is 4. The van der Waals surface area contributed by atoms with Crippen molar-refractivity contribution in [2.75, 3.05) is 0 Å². The van der Waals surface area contributed by atoms with Crippen LogP contribution in [0.25, 0.3) is 11.3 Å².